The molecular formula is C14H17NO3. The zero-order valence-electron chi connectivity index (χ0n) is 10.5. The van der Waals surface area contributed by atoms with Crippen molar-refractivity contribution in [3.63, 3.8) is 0 Å². The minimum atomic E-state index is -0.182. The number of carbonyl (C=O) groups excluding carboxylic acids is 2. The topological polar surface area (TPSA) is 55.4 Å². The van der Waals surface area contributed by atoms with Crippen LogP contribution in [0.4, 0.5) is 5.69 Å². The summed E-state index contributed by atoms with van der Waals surface area (Å²) >= 11 is 0. The van der Waals surface area contributed by atoms with E-state index in [9.17, 15) is 9.59 Å². The summed E-state index contributed by atoms with van der Waals surface area (Å²) in [6.07, 6.45) is 3.63. The molecule has 0 unspecified atom stereocenters. The third kappa shape index (κ3) is 2.88. The second-order valence-corrected chi connectivity index (χ2v) is 4.43. The molecule has 1 amide bonds. The van der Waals surface area contributed by atoms with Crippen molar-refractivity contribution in [3.8, 4) is 5.75 Å². The first-order valence-electron chi connectivity index (χ1n) is 6.30. The Morgan fingerprint density at radius 3 is 3.00 bits per heavy atom. The van der Waals surface area contributed by atoms with Gasteiger partial charge in [-0.3, -0.25) is 9.59 Å². The van der Waals surface area contributed by atoms with Crippen LogP contribution in [0.5, 0.6) is 5.75 Å². The van der Waals surface area contributed by atoms with E-state index in [1.807, 2.05) is 0 Å². The summed E-state index contributed by atoms with van der Waals surface area (Å²) in [4.78, 5) is 23.1. The van der Waals surface area contributed by atoms with Gasteiger partial charge in [0.1, 0.15) is 5.75 Å². The molecule has 0 bridgehead atoms. The van der Waals surface area contributed by atoms with Crippen molar-refractivity contribution in [1.29, 1.82) is 0 Å². The molecule has 0 fully saturated rings. The van der Waals surface area contributed by atoms with Crippen LogP contribution >= 0.6 is 0 Å². The van der Waals surface area contributed by atoms with Crippen LogP contribution in [0, 0.1) is 0 Å². The van der Waals surface area contributed by atoms with Crippen molar-refractivity contribution in [1.82, 2.24) is 0 Å². The lowest BCUT2D eigenvalue weighted by Gasteiger charge is -2.18. The van der Waals surface area contributed by atoms with Gasteiger partial charge in [-0.2, -0.15) is 0 Å². The number of benzene rings is 1. The smallest absolute Gasteiger partial charge is 0.262 e. The number of amides is 1. The largest absolute Gasteiger partial charge is 0.482 e. The molecular weight excluding hydrogens is 230 g/mol. The average molecular weight is 247 g/mol. The summed E-state index contributed by atoms with van der Waals surface area (Å²) in [7, 11) is 0. The summed E-state index contributed by atoms with van der Waals surface area (Å²) in [5.74, 6) is 0.559. The van der Waals surface area contributed by atoms with Crippen molar-refractivity contribution >= 4 is 17.4 Å². The van der Waals surface area contributed by atoms with Crippen molar-refractivity contribution in [3.05, 3.63) is 23.8 Å². The second-order valence-electron chi connectivity index (χ2n) is 4.43. The van der Waals surface area contributed by atoms with Gasteiger partial charge in [0, 0.05) is 12.0 Å². The number of Topliss-reactive ketones (excluding diaryl/α,β-unsaturated/α-hetero) is 1. The molecule has 0 saturated heterocycles. The Balaban J connectivity index is 2.08. The van der Waals surface area contributed by atoms with E-state index in [2.05, 4.69) is 12.2 Å². The molecule has 1 aromatic rings. The standard InChI is InChI=1S/C14H17NO3/c1-2-3-4-5-12(16)10-6-7-13-11(8-10)15-14(17)9-18-13/h6-8H,2-5,9H2,1H3,(H,15,17). The van der Waals surface area contributed by atoms with Crippen molar-refractivity contribution in [2.45, 2.75) is 32.6 Å². The Morgan fingerprint density at radius 2 is 2.22 bits per heavy atom. The van der Waals surface area contributed by atoms with Crippen LogP contribution in [0.3, 0.4) is 0 Å². The third-order valence-corrected chi connectivity index (χ3v) is 2.94. The Labute approximate surface area is 106 Å². The van der Waals surface area contributed by atoms with Gasteiger partial charge in [0.25, 0.3) is 5.91 Å². The number of unbranched alkanes of at least 4 members (excludes halogenated alkanes) is 2. The molecule has 1 N–H and O–H groups in total. The highest BCUT2D eigenvalue weighted by Gasteiger charge is 2.17. The quantitative estimate of drug-likeness (QED) is 0.643. The molecule has 4 heteroatoms. The highest BCUT2D eigenvalue weighted by molar-refractivity contribution is 6.00. The molecule has 1 heterocycles. The minimum Gasteiger partial charge on any atom is -0.482 e. The first kappa shape index (κ1) is 12.6. The summed E-state index contributed by atoms with van der Waals surface area (Å²) in [6, 6.07) is 5.19. The SMILES string of the molecule is CCCCCC(=O)c1ccc2c(c1)NC(=O)CO2. The van der Waals surface area contributed by atoms with Crippen molar-refractivity contribution in [2.24, 2.45) is 0 Å². The van der Waals surface area contributed by atoms with Gasteiger partial charge < -0.3 is 10.1 Å². The van der Waals surface area contributed by atoms with Crippen molar-refractivity contribution in [2.75, 3.05) is 11.9 Å². The lowest BCUT2D eigenvalue weighted by molar-refractivity contribution is -0.118. The number of ketones is 1. The Bertz CT molecular complexity index is 468. The molecule has 0 spiro atoms. The third-order valence-electron chi connectivity index (χ3n) is 2.94. The van der Waals surface area contributed by atoms with E-state index >= 15 is 0 Å². The van der Waals surface area contributed by atoms with E-state index in [0.717, 1.165) is 19.3 Å². The molecule has 1 aliphatic rings. The normalized spacial score (nSPS) is 13.5. The second kappa shape index (κ2) is 5.67. The number of ether oxygens (including phenoxy) is 1. The van der Waals surface area contributed by atoms with Crippen LogP contribution in [0.2, 0.25) is 0 Å². The number of rotatable bonds is 5. The Hall–Kier alpha value is -1.84. The molecule has 0 aliphatic carbocycles. The summed E-state index contributed by atoms with van der Waals surface area (Å²) < 4.78 is 5.25. The number of carbonyl (C=O) groups is 2. The first-order chi connectivity index (χ1) is 8.70. The summed E-state index contributed by atoms with van der Waals surface area (Å²) in [5.41, 5.74) is 1.23. The highest BCUT2D eigenvalue weighted by Crippen LogP contribution is 2.28. The average Bonchev–Trinajstić information content (AvgIpc) is 2.38. The number of nitrogens with one attached hydrogen (secondary N) is 1. The van der Waals surface area contributed by atoms with E-state index in [1.54, 1.807) is 18.2 Å². The Kier molecular flexibility index (Phi) is 3.97. The van der Waals surface area contributed by atoms with Gasteiger partial charge in [-0.1, -0.05) is 19.8 Å². The van der Waals surface area contributed by atoms with E-state index in [1.165, 1.54) is 0 Å². The lowest BCUT2D eigenvalue weighted by atomic mass is 10.0. The number of anilines is 1. The fourth-order valence-electron chi connectivity index (χ4n) is 1.94. The fraction of sp³-hybridized carbons (Fsp3) is 0.429. The molecule has 4 nitrogen and oxygen atoms in total. The molecule has 2 rings (SSSR count). The van der Waals surface area contributed by atoms with Crippen LogP contribution in [-0.2, 0) is 4.79 Å². The number of hydrogen-bond donors (Lipinski definition) is 1. The fourth-order valence-corrected chi connectivity index (χ4v) is 1.94. The maximum absolute atomic E-state index is 11.9. The van der Waals surface area contributed by atoms with Crippen LogP contribution in [0.15, 0.2) is 18.2 Å². The van der Waals surface area contributed by atoms with Gasteiger partial charge >= 0.3 is 0 Å². The van der Waals surface area contributed by atoms with Crippen LogP contribution in [0.1, 0.15) is 43.0 Å². The molecule has 0 atom stereocenters. The minimum absolute atomic E-state index is 0.0385. The maximum Gasteiger partial charge on any atom is 0.262 e. The van der Waals surface area contributed by atoms with Crippen LogP contribution in [-0.4, -0.2) is 18.3 Å². The van der Waals surface area contributed by atoms with Gasteiger partial charge in [-0.25, -0.2) is 0 Å². The summed E-state index contributed by atoms with van der Waals surface area (Å²) in [5, 5.41) is 2.71. The van der Waals surface area contributed by atoms with Gasteiger partial charge in [-0.15, -0.1) is 0 Å². The van der Waals surface area contributed by atoms with E-state index in [-0.39, 0.29) is 18.3 Å². The Morgan fingerprint density at radius 1 is 1.39 bits per heavy atom. The van der Waals surface area contributed by atoms with Gasteiger partial charge in [0.2, 0.25) is 0 Å². The zero-order valence-corrected chi connectivity index (χ0v) is 10.5. The lowest BCUT2D eigenvalue weighted by Crippen LogP contribution is -2.25. The summed E-state index contributed by atoms with van der Waals surface area (Å²) in [6.45, 7) is 2.15. The van der Waals surface area contributed by atoms with E-state index < -0.39 is 0 Å². The predicted molar refractivity (Wildman–Crippen MR) is 69.0 cm³/mol. The zero-order chi connectivity index (χ0) is 13.0. The van der Waals surface area contributed by atoms with Crippen LogP contribution in [0.25, 0.3) is 0 Å². The van der Waals surface area contributed by atoms with Gasteiger partial charge in [-0.05, 0) is 24.6 Å². The van der Waals surface area contributed by atoms with Gasteiger partial charge in [0.15, 0.2) is 12.4 Å². The van der Waals surface area contributed by atoms with E-state index in [0.29, 0.717) is 23.4 Å². The molecule has 96 valence electrons. The maximum atomic E-state index is 11.9. The predicted octanol–water partition coefficient (Wildman–Crippen LogP) is 2.78. The number of hydrogen-bond acceptors (Lipinski definition) is 3. The number of fused-ring (bicyclic) bond motifs is 1. The molecule has 1 aliphatic heterocycles. The first-order valence-corrected chi connectivity index (χ1v) is 6.30. The highest BCUT2D eigenvalue weighted by atomic mass is 16.5. The van der Waals surface area contributed by atoms with Crippen molar-refractivity contribution < 1.29 is 14.3 Å². The molecule has 18 heavy (non-hydrogen) atoms. The molecule has 0 saturated carbocycles. The molecule has 1 aromatic carbocycles. The monoisotopic (exact) mass is 247 g/mol. The molecule has 0 aromatic heterocycles. The van der Waals surface area contributed by atoms with Crippen LogP contribution < -0.4 is 10.1 Å². The molecule has 0 radical (unpaired) electrons. The van der Waals surface area contributed by atoms with E-state index in [4.69, 9.17) is 4.74 Å². The van der Waals surface area contributed by atoms with Gasteiger partial charge in [0.05, 0.1) is 5.69 Å².